The molecule has 0 atom stereocenters. The first-order valence-corrected chi connectivity index (χ1v) is 7.67. The number of hydrogen-bond acceptors (Lipinski definition) is 5. The second-order valence-electron chi connectivity index (χ2n) is 4.55. The first-order valence-electron chi connectivity index (χ1n) is 6.23. The number of anilines is 1. The van der Waals surface area contributed by atoms with Crippen molar-refractivity contribution in [2.45, 2.75) is 18.2 Å². The Morgan fingerprint density at radius 3 is 2.39 bits per heavy atom. The van der Waals surface area contributed by atoms with E-state index in [4.69, 9.17) is 0 Å². The number of sulfonamides is 1. The van der Waals surface area contributed by atoms with Gasteiger partial charge in [-0.25, -0.2) is 8.42 Å². The van der Waals surface area contributed by atoms with Crippen molar-refractivity contribution in [3.63, 3.8) is 0 Å². The molecule has 0 unspecified atom stereocenters. The minimum Gasteiger partial charge on any atom is -0.406 e. The van der Waals surface area contributed by atoms with Crippen LogP contribution in [-0.4, -0.2) is 32.0 Å². The van der Waals surface area contributed by atoms with Gasteiger partial charge in [-0.15, -0.1) is 13.2 Å². The van der Waals surface area contributed by atoms with Gasteiger partial charge in [0.15, 0.2) is 0 Å². The summed E-state index contributed by atoms with van der Waals surface area (Å²) in [6, 6.07) is 4.48. The monoisotopic (exact) mass is 347 g/mol. The molecule has 1 heterocycles. The number of ether oxygens (including phenoxy) is 1. The molecule has 10 heteroatoms. The van der Waals surface area contributed by atoms with Crippen LogP contribution in [0.2, 0.25) is 0 Å². The van der Waals surface area contributed by atoms with Crippen molar-refractivity contribution in [2.24, 2.45) is 0 Å². The van der Waals surface area contributed by atoms with E-state index in [-0.39, 0.29) is 16.1 Å². The highest BCUT2D eigenvalue weighted by atomic mass is 32.2. The fraction of sp³-hybridized carbons (Fsp3) is 0.231. The topological polar surface area (TPSA) is 72.4 Å². The molecule has 0 saturated heterocycles. The third-order valence-electron chi connectivity index (χ3n) is 2.95. The summed E-state index contributed by atoms with van der Waals surface area (Å²) < 4.78 is 66.5. The van der Waals surface area contributed by atoms with E-state index >= 15 is 0 Å². The van der Waals surface area contributed by atoms with Gasteiger partial charge in [0.05, 0.1) is 23.0 Å². The molecule has 0 bridgehead atoms. The fourth-order valence-electron chi connectivity index (χ4n) is 1.86. The van der Waals surface area contributed by atoms with Crippen molar-refractivity contribution in [3.8, 4) is 5.75 Å². The van der Waals surface area contributed by atoms with E-state index in [9.17, 15) is 21.6 Å². The summed E-state index contributed by atoms with van der Waals surface area (Å²) in [6.07, 6.45) is -2.26. The van der Waals surface area contributed by atoms with Crippen molar-refractivity contribution < 1.29 is 26.3 Å². The Kier molecular flexibility index (Phi) is 4.46. The Morgan fingerprint density at radius 1 is 1.17 bits per heavy atom. The Bertz CT molecular complexity index is 795. The lowest BCUT2D eigenvalue weighted by Gasteiger charge is -2.20. The minimum atomic E-state index is -4.84. The zero-order valence-corrected chi connectivity index (χ0v) is 12.9. The Balaban J connectivity index is 2.37. The van der Waals surface area contributed by atoms with Gasteiger partial charge in [-0.3, -0.25) is 4.31 Å². The maximum Gasteiger partial charge on any atom is 0.573 e. The highest BCUT2D eigenvalue weighted by Gasteiger charge is 2.32. The normalized spacial score (nSPS) is 12.0. The van der Waals surface area contributed by atoms with Crippen molar-refractivity contribution in [3.05, 3.63) is 42.2 Å². The van der Waals surface area contributed by atoms with Gasteiger partial charge in [-0.05, 0) is 36.8 Å². The summed E-state index contributed by atoms with van der Waals surface area (Å²) in [5.74, 6) is -0.484. The standard InChI is InChI=1S/C13H12F3N3O3S/c1-9-7-11(22-13(14,15)16)3-4-12(9)23(20,21)19(2)10-5-6-17-18-8-10/h3-8H,1-2H3. The molecule has 124 valence electrons. The second kappa shape index (κ2) is 6.03. The van der Waals surface area contributed by atoms with E-state index in [2.05, 4.69) is 14.9 Å². The molecule has 0 spiro atoms. The third kappa shape index (κ3) is 3.89. The van der Waals surface area contributed by atoms with Crippen LogP contribution in [0.5, 0.6) is 5.75 Å². The number of aromatic nitrogens is 2. The molecule has 0 aliphatic rings. The number of aryl methyl sites for hydroxylation is 1. The number of hydrogen-bond donors (Lipinski definition) is 0. The lowest BCUT2D eigenvalue weighted by atomic mass is 10.2. The van der Waals surface area contributed by atoms with E-state index in [0.717, 1.165) is 22.5 Å². The van der Waals surface area contributed by atoms with E-state index in [0.29, 0.717) is 0 Å². The third-order valence-corrected chi connectivity index (χ3v) is 4.90. The van der Waals surface area contributed by atoms with Gasteiger partial charge in [0.1, 0.15) is 5.75 Å². The van der Waals surface area contributed by atoms with Crippen LogP contribution in [-0.2, 0) is 10.0 Å². The molecular formula is C13H12F3N3O3S. The molecule has 0 aliphatic heterocycles. The average Bonchev–Trinajstić information content (AvgIpc) is 2.45. The van der Waals surface area contributed by atoms with Crippen LogP contribution in [0.25, 0.3) is 0 Å². The van der Waals surface area contributed by atoms with E-state index in [1.807, 2.05) is 0 Å². The molecule has 23 heavy (non-hydrogen) atoms. The first kappa shape index (κ1) is 17.0. The highest BCUT2D eigenvalue weighted by Crippen LogP contribution is 2.29. The molecule has 0 radical (unpaired) electrons. The van der Waals surface area contributed by atoms with Gasteiger partial charge in [-0.2, -0.15) is 10.2 Å². The second-order valence-corrected chi connectivity index (χ2v) is 6.49. The molecule has 2 rings (SSSR count). The van der Waals surface area contributed by atoms with Crippen LogP contribution >= 0.6 is 0 Å². The SMILES string of the molecule is Cc1cc(OC(F)(F)F)ccc1S(=O)(=O)N(C)c1ccnnc1. The summed E-state index contributed by atoms with van der Waals surface area (Å²) in [6.45, 7) is 1.38. The number of rotatable bonds is 4. The Morgan fingerprint density at radius 2 is 1.87 bits per heavy atom. The molecular weight excluding hydrogens is 335 g/mol. The number of nitrogens with zero attached hydrogens (tertiary/aromatic N) is 3. The van der Waals surface area contributed by atoms with E-state index in [1.54, 1.807) is 0 Å². The number of benzene rings is 1. The van der Waals surface area contributed by atoms with Gasteiger partial charge in [0.2, 0.25) is 0 Å². The molecule has 0 amide bonds. The number of halogens is 3. The van der Waals surface area contributed by atoms with Gasteiger partial charge in [0.25, 0.3) is 10.0 Å². The van der Waals surface area contributed by atoms with Crippen molar-refractivity contribution in [1.29, 1.82) is 0 Å². The zero-order valence-electron chi connectivity index (χ0n) is 12.1. The van der Waals surface area contributed by atoms with Crippen LogP contribution in [0, 0.1) is 6.92 Å². The van der Waals surface area contributed by atoms with Gasteiger partial charge in [-0.1, -0.05) is 0 Å². The largest absolute Gasteiger partial charge is 0.573 e. The maximum atomic E-state index is 12.6. The minimum absolute atomic E-state index is 0.126. The summed E-state index contributed by atoms with van der Waals surface area (Å²) in [5, 5.41) is 7.14. The fourth-order valence-corrected chi connectivity index (χ4v) is 3.25. The van der Waals surface area contributed by atoms with Crippen molar-refractivity contribution in [2.75, 3.05) is 11.4 Å². The predicted molar refractivity (Wildman–Crippen MR) is 75.5 cm³/mol. The molecule has 2 aromatic rings. The van der Waals surface area contributed by atoms with E-state index in [1.165, 1.54) is 32.4 Å². The summed E-state index contributed by atoms with van der Waals surface area (Å²) in [5.41, 5.74) is 0.399. The molecule has 1 aromatic heterocycles. The Hall–Kier alpha value is -2.36. The smallest absolute Gasteiger partial charge is 0.406 e. The lowest BCUT2D eigenvalue weighted by molar-refractivity contribution is -0.274. The first-order chi connectivity index (χ1) is 10.6. The Labute approximate surface area is 130 Å². The van der Waals surface area contributed by atoms with E-state index < -0.39 is 22.1 Å². The summed E-state index contributed by atoms with van der Waals surface area (Å²) in [7, 11) is -2.64. The molecule has 0 fully saturated rings. The van der Waals surface area contributed by atoms with Crippen molar-refractivity contribution >= 4 is 15.7 Å². The zero-order chi connectivity index (χ0) is 17.3. The van der Waals surface area contributed by atoms with Crippen LogP contribution < -0.4 is 9.04 Å². The van der Waals surface area contributed by atoms with Crippen LogP contribution in [0.1, 0.15) is 5.56 Å². The summed E-state index contributed by atoms with van der Waals surface area (Å²) >= 11 is 0. The lowest BCUT2D eigenvalue weighted by Crippen LogP contribution is -2.27. The molecule has 1 aromatic carbocycles. The average molecular weight is 347 g/mol. The quantitative estimate of drug-likeness (QED) is 0.850. The summed E-state index contributed by atoms with van der Waals surface area (Å²) in [4.78, 5) is -0.133. The van der Waals surface area contributed by atoms with Crippen LogP contribution in [0.4, 0.5) is 18.9 Å². The molecule has 0 N–H and O–H groups in total. The van der Waals surface area contributed by atoms with Crippen molar-refractivity contribution in [1.82, 2.24) is 10.2 Å². The highest BCUT2D eigenvalue weighted by molar-refractivity contribution is 7.92. The number of alkyl halides is 3. The molecule has 0 aliphatic carbocycles. The molecule has 0 saturated carbocycles. The van der Waals surface area contributed by atoms with Gasteiger partial charge in [0, 0.05) is 7.05 Å². The predicted octanol–water partition coefficient (Wildman–Crippen LogP) is 2.51. The molecule has 6 nitrogen and oxygen atoms in total. The van der Waals surface area contributed by atoms with Gasteiger partial charge >= 0.3 is 6.36 Å². The maximum absolute atomic E-state index is 12.6. The van der Waals surface area contributed by atoms with Gasteiger partial charge < -0.3 is 4.74 Å². The van der Waals surface area contributed by atoms with Crippen LogP contribution in [0.15, 0.2) is 41.6 Å². The van der Waals surface area contributed by atoms with Crippen LogP contribution in [0.3, 0.4) is 0 Å².